The first-order valence-electron chi connectivity index (χ1n) is 3.43. The highest BCUT2D eigenvalue weighted by Gasteiger charge is 2.04. The van der Waals surface area contributed by atoms with E-state index in [1.807, 2.05) is 0 Å². The van der Waals surface area contributed by atoms with Crippen molar-refractivity contribution < 1.29 is 19.4 Å². The summed E-state index contributed by atoms with van der Waals surface area (Å²) in [7, 11) is 0. The molecule has 4 heteroatoms. The van der Waals surface area contributed by atoms with Gasteiger partial charge in [-0.1, -0.05) is 6.58 Å². The minimum atomic E-state index is -0.508. The second-order valence-corrected chi connectivity index (χ2v) is 1.96. The van der Waals surface area contributed by atoms with Gasteiger partial charge in [-0.2, -0.15) is 0 Å². The molecule has 0 aromatic heterocycles. The molecule has 0 aliphatic heterocycles. The number of aliphatic hydroxyl groups is 1. The molecule has 0 unspecified atom stereocenters. The molecule has 0 aliphatic rings. The Morgan fingerprint density at radius 2 is 2.33 bits per heavy atom. The topological polar surface area (TPSA) is 55.8 Å². The van der Waals surface area contributed by atoms with Crippen molar-refractivity contribution in [3.8, 4) is 0 Å². The summed E-state index contributed by atoms with van der Waals surface area (Å²) < 4.78 is 9.21. The predicted octanol–water partition coefficient (Wildman–Crippen LogP) is 0.586. The van der Waals surface area contributed by atoms with Crippen LogP contribution in [0.3, 0.4) is 0 Å². The van der Waals surface area contributed by atoms with Crippen molar-refractivity contribution in [2.24, 2.45) is 0 Å². The van der Waals surface area contributed by atoms with Gasteiger partial charge in [-0.15, -0.1) is 0 Å². The molecule has 0 atom stereocenters. The Kier molecular flexibility index (Phi) is 5.73. The average molecular weight is 172 g/mol. The molecule has 0 spiro atoms. The van der Waals surface area contributed by atoms with Crippen molar-refractivity contribution in [2.75, 3.05) is 13.2 Å². The standard InChI is InChI=1S/C8H12O4/c1-3-11-6-7(2)8(10)12-5-4-9/h3,6,9H,1,4-5H2,2H3. The molecule has 0 rings (SSSR count). The molecule has 0 radical (unpaired) electrons. The molecule has 0 aliphatic carbocycles. The lowest BCUT2D eigenvalue weighted by Crippen LogP contribution is -2.09. The summed E-state index contributed by atoms with van der Waals surface area (Å²) >= 11 is 0. The largest absolute Gasteiger partial charge is 0.473 e. The highest BCUT2D eigenvalue weighted by molar-refractivity contribution is 5.87. The fraction of sp³-hybridized carbons (Fsp3) is 0.375. The van der Waals surface area contributed by atoms with Crippen LogP contribution in [0.1, 0.15) is 6.92 Å². The molecule has 0 amide bonds. The van der Waals surface area contributed by atoms with Gasteiger partial charge in [0.25, 0.3) is 0 Å². The first kappa shape index (κ1) is 10.7. The highest BCUT2D eigenvalue weighted by Crippen LogP contribution is 1.96. The number of hydrogen-bond acceptors (Lipinski definition) is 4. The third-order valence-corrected chi connectivity index (χ3v) is 0.987. The van der Waals surface area contributed by atoms with Gasteiger partial charge < -0.3 is 14.6 Å². The number of ether oxygens (including phenoxy) is 2. The molecule has 68 valence electrons. The number of hydrogen-bond donors (Lipinski definition) is 1. The molecule has 0 fully saturated rings. The maximum absolute atomic E-state index is 10.9. The Hall–Kier alpha value is -1.29. The average Bonchev–Trinajstić information content (AvgIpc) is 2.10. The molecule has 0 aromatic carbocycles. The maximum atomic E-state index is 10.9. The molecule has 0 aromatic rings. The van der Waals surface area contributed by atoms with Crippen LogP contribution in [0.4, 0.5) is 0 Å². The molecule has 0 saturated heterocycles. The quantitative estimate of drug-likeness (QED) is 0.374. The van der Waals surface area contributed by atoms with Crippen LogP contribution in [0.15, 0.2) is 24.7 Å². The lowest BCUT2D eigenvalue weighted by Gasteiger charge is -2.01. The van der Waals surface area contributed by atoms with Gasteiger partial charge in [0, 0.05) is 0 Å². The lowest BCUT2D eigenvalue weighted by atomic mass is 10.3. The Bertz CT molecular complexity index is 183. The summed E-state index contributed by atoms with van der Waals surface area (Å²) in [6, 6.07) is 0. The zero-order valence-corrected chi connectivity index (χ0v) is 6.95. The molecular weight excluding hydrogens is 160 g/mol. The first-order chi connectivity index (χ1) is 5.72. The van der Waals surface area contributed by atoms with Crippen molar-refractivity contribution in [1.82, 2.24) is 0 Å². The number of carbonyl (C=O) groups is 1. The second-order valence-electron chi connectivity index (χ2n) is 1.96. The van der Waals surface area contributed by atoms with E-state index in [0.29, 0.717) is 5.57 Å². The SMILES string of the molecule is C=COC=C(C)C(=O)OCCO. The van der Waals surface area contributed by atoms with Crippen molar-refractivity contribution >= 4 is 5.97 Å². The Labute approximate surface area is 71.1 Å². The van der Waals surface area contributed by atoms with Gasteiger partial charge in [0.2, 0.25) is 0 Å². The van der Waals surface area contributed by atoms with Gasteiger partial charge in [-0.05, 0) is 6.92 Å². The smallest absolute Gasteiger partial charge is 0.336 e. The first-order valence-corrected chi connectivity index (χ1v) is 3.43. The van der Waals surface area contributed by atoms with Crippen LogP contribution in [0.2, 0.25) is 0 Å². The zero-order chi connectivity index (χ0) is 9.40. The third-order valence-electron chi connectivity index (χ3n) is 0.987. The molecular formula is C8H12O4. The van der Waals surface area contributed by atoms with Crippen LogP contribution in [0.25, 0.3) is 0 Å². The lowest BCUT2D eigenvalue weighted by molar-refractivity contribution is -0.140. The summed E-state index contributed by atoms with van der Waals surface area (Å²) in [4.78, 5) is 10.9. The summed E-state index contributed by atoms with van der Waals surface area (Å²) in [5, 5.41) is 8.33. The van der Waals surface area contributed by atoms with E-state index < -0.39 is 5.97 Å². The van der Waals surface area contributed by atoms with Gasteiger partial charge >= 0.3 is 5.97 Å². The minimum Gasteiger partial charge on any atom is -0.473 e. The van der Waals surface area contributed by atoms with Crippen molar-refractivity contribution in [1.29, 1.82) is 0 Å². The molecule has 12 heavy (non-hydrogen) atoms. The van der Waals surface area contributed by atoms with Gasteiger partial charge in [0.05, 0.1) is 18.4 Å². The highest BCUT2D eigenvalue weighted by atomic mass is 16.5. The number of rotatable bonds is 5. The van der Waals surface area contributed by atoms with Crippen LogP contribution in [0.5, 0.6) is 0 Å². The van der Waals surface area contributed by atoms with E-state index in [1.165, 1.54) is 12.5 Å². The monoisotopic (exact) mass is 172 g/mol. The van der Waals surface area contributed by atoms with Crippen LogP contribution >= 0.6 is 0 Å². The van der Waals surface area contributed by atoms with E-state index in [-0.39, 0.29) is 13.2 Å². The predicted molar refractivity (Wildman–Crippen MR) is 43.1 cm³/mol. The maximum Gasteiger partial charge on any atom is 0.336 e. The summed E-state index contributed by atoms with van der Waals surface area (Å²) in [5.74, 6) is -0.508. The fourth-order valence-corrected chi connectivity index (χ4v) is 0.450. The Balaban J connectivity index is 3.83. The van der Waals surface area contributed by atoms with E-state index in [2.05, 4.69) is 16.1 Å². The van der Waals surface area contributed by atoms with E-state index >= 15 is 0 Å². The summed E-state index contributed by atoms with van der Waals surface area (Å²) in [6.07, 6.45) is 2.43. The summed E-state index contributed by atoms with van der Waals surface area (Å²) in [5.41, 5.74) is 0.323. The van der Waals surface area contributed by atoms with Crippen LogP contribution < -0.4 is 0 Å². The normalized spacial score (nSPS) is 10.7. The van der Waals surface area contributed by atoms with Crippen LogP contribution in [-0.4, -0.2) is 24.3 Å². The zero-order valence-electron chi connectivity index (χ0n) is 6.95. The van der Waals surface area contributed by atoms with Gasteiger partial charge in [-0.25, -0.2) is 4.79 Å². The van der Waals surface area contributed by atoms with Crippen molar-refractivity contribution in [2.45, 2.75) is 6.92 Å². The Morgan fingerprint density at radius 3 is 2.83 bits per heavy atom. The van der Waals surface area contributed by atoms with E-state index in [1.54, 1.807) is 6.92 Å². The van der Waals surface area contributed by atoms with E-state index in [9.17, 15) is 4.79 Å². The van der Waals surface area contributed by atoms with E-state index in [0.717, 1.165) is 0 Å². The van der Waals surface area contributed by atoms with Crippen molar-refractivity contribution in [3.63, 3.8) is 0 Å². The number of carbonyl (C=O) groups excluding carboxylic acids is 1. The van der Waals surface area contributed by atoms with Gasteiger partial charge in [0.15, 0.2) is 0 Å². The van der Waals surface area contributed by atoms with Crippen LogP contribution in [-0.2, 0) is 14.3 Å². The molecule has 0 bridgehead atoms. The summed E-state index contributed by atoms with van der Waals surface area (Å²) in [6.45, 7) is 4.66. The molecule has 0 saturated carbocycles. The molecule has 1 N–H and O–H groups in total. The minimum absolute atomic E-state index is 0.00188. The molecule has 4 nitrogen and oxygen atoms in total. The molecule has 0 heterocycles. The Morgan fingerprint density at radius 1 is 1.67 bits per heavy atom. The van der Waals surface area contributed by atoms with Crippen molar-refractivity contribution in [3.05, 3.63) is 24.7 Å². The van der Waals surface area contributed by atoms with Gasteiger partial charge in [0.1, 0.15) is 12.9 Å². The van der Waals surface area contributed by atoms with E-state index in [4.69, 9.17) is 5.11 Å². The van der Waals surface area contributed by atoms with Gasteiger partial charge in [-0.3, -0.25) is 0 Å². The number of esters is 1. The third kappa shape index (κ3) is 4.51. The fourth-order valence-electron chi connectivity index (χ4n) is 0.450. The second kappa shape index (κ2) is 6.42. The number of aliphatic hydroxyl groups excluding tert-OH is 1. The van der Waals surface area contributed by atoms with Crippen LogP contribution in [0, 0.1) is 0 Å².